The molecule has 2 atom stereocenters. The van der Waals surface area contributed by atoms with Gasteiger partial charge in [-0.3, -0.25) is 0 Å². The van der Waals surface area contributed by atoms with Crippen molar-refractivity contribution in [3.8, 4) is 0 Å². The average molecular weight is 233 g/mol. The summed E-state index contributed by atoms with van der Waals surface area (Å²) in [5.41, 5.74) is 6.21. The lowest BCUT2D eigenvalue weighted by Gasteiger charge is -2.33. The highest BCUT2D eigenvalue weighted by molar-refractivity contribution is 7.99. The van der Waals surface area contributed by atoms with Crippen molar-refractivity contribution in [2.45, 2.75) is 52.3 Å². The molecule has 0 saturated heterocycles. The minimum absolute atomic E-state index is 0.0552. The van der Waals surface area contributed by atoms with Crippen LogP contribution in [0.5, 0.6) is 0 Å². The largest absolute Gasteiger partial charge is 0.395 e. The molecule has 0 spiro atoms. The Morgan fingerprint density at radius 1 is 1.27 bits per heavy atom. The molecule has 0 radical (unpaired) electrons. The maximum absolute atomic E-state index is 9.32. The Morgan fingerprint density at radius 2 is 1.80 bits per heavy atom. The fourth-order valence-corrected chi connectivity index (χ4v) is 2.91. The van der Waals surface area contributed by atoms with Gasteiger partial charge in [-0.05, 0) is 23.5 Å². The van der Waals surface area contributed by atoms with Crippen LogP contribution in [-0.2, 0) is 0 Å². The topological polar surface area (TPSA) is 46.2 Å². The monoisotopic (exact) mass is 233 g/mol. The Hall–Kier alpha value is 0.270. The van der Waals surface area contributed by atoms with E-state index in [1.807, 2.05) is 11.8 Å². The zero-order valence-electron chi connectivity index (χ0n) is 10.8. The summed E-state index contributed by atoms with van der Waals surface area (Å²) in [4.78, 5) is 0. The second kappa shape index (κ2) is 6.77. The molecule has 0 aliphatic rings. The lowest BCUT2D eigenvalue weighted by Crippen LogP contribution is -2.45. The lowest BCUT2D eigenvalue weighted by molar-refractivity contribution is 0.233. The summed E-state index contributed by atoms with van der Waals surface area (Å²) in [5, 5.41) is 9.49. The number of aliphatic hydroxyl groups excluding tert-OH is 1. The molecule has 3 heteroatoms. The second-order valence-electron chi connectivity index (χ2n) is 5.67. The lowest BCUT2D eigenvalue weighted by atomic mass is 9.85. The highest BCUT2D eigenvalue weighted by Gasteiger charge is 2.28. The normalized spacial score (nSPS) is 16.8. The molecule has 0 aromatic rings. The van der Waals surface area contributed by atoms with Crippen molar-refractivity contribution in [2.24, 2.45) is 17.1 Å². The summed E-state index contributed by atoms with van der Waals surface area (Å²) in [6.07, 6.45) is 1.19. The van der Waals surface area contributed by atoms with Crippen LogP contribution in [-0.4, -0.2) is 28.8 Å². The third-order valence-electron chi connectivity index (χ3n) is 2.61. The van der Waals surface area contributed by atoms with E-state index in [0.29, 0.717) is 0 Å². The molecule has 0 rings (SSSR count). The minimum atomic E-state index is 0.0552. The summed E-state index contributed by atoms with van der Waals surface area (Å²) < 4.78 is 0. The summed E-state index contributed by atoms with van der Waals surface area (Å²) in [5.74, 6) is 1.81. The van der Waals surface area contributed by atoms with Crippen LogP contribution in [0.3, 0.4) is 0 Å². The van der Waals surface area contributed by atoms with Crippen LogP contribution in [0.4, 0.5) is 0 Å². The van der Waals surface area contributed by atoms with Crippen LogP contribution < -0.4 is 5.73 Å². The molecule has 15 heavy (non-hydrogen) atoms. The Morgan fingerprint density at radius 3 is 2.13 bits per heavy atom. The molecular weight excluding hydrogens is 206 g/mol. The fourth-order valence-electron chi connectivity index (χ4n) is 1.28. The Bertz CT molecular complexity index is 165. The molecule has 2 unspecified atom stereocenters. The van der Waals surface area contributed by atoms with E-state index in [9.17, 15) is 5.11 Å². The maximum atomic E-state index is 9.32. The van der Waals surface area contributed by atoms with E-state index < -0.39 is 0 Å². The van der Waals surface area contributed by atoms with Gasteiger partial charge in [-0.25, -0.2) is 0 Å². The molecule has 92 valence electrons. The molecule has 0 saturated carbocycles. The van der Waals surface area contributed by atoms with Crippen molar-refractivity contribution in [2.75, 3.05) is 12.4 Å². The maximum Gasteiger partial charge on any atom is 0.0565 e. The van der Waals surface area contributed by atoms with Crippen LogP contribution in [0.1, 0.15) is 41.0 Å². The van der Waals surface area contributed by atoms with E-state index in [1.54, 1.807) is 0 Å². The van der Waals surface area contributed by atoms with Gasteiger partial charge in [0.15, 0.2) is 0 Å². The summed E-state index contributed by atoms with van der Waals surface area (Å²) in [7, 11) is 0. The third-order valence-corrected chi connectivity index (χ3v) is 3.95. The van der Waals surface area contributed by atoms with Gasteiger partial charge < -0.3 is 10.8 Å². The van der Waals surface area contributed by atoms with Crippen LogP contribution in [0.25, 0.3) is 0 Å². The van der Waals surface area contributed by atoms with Gasteiger partial charge in [-0.2, -0.15) is 11.8 Å². The first kappa shape index (κ1) is 15.3. The van der Waals surface area contributed by atoms with Gasteiger partial charge in [-0.1, -0.05) is 34.6 Å². The molecule has 0 heterocycles. The highest BCUT2D eigenvalue weighted by Crippen LogP contribution is 2.27. The van der Waals surface area contributed by atoms with Crippen LogP contribution >= 0.6 is 11.8 Å². The van der Waals surface area contributed by atoms with Gasteiger partial charge in [0, 0.05) is 11.3 Å². The molecule has 3 N–H and O–H groups in total. The Kier molecular flexibility index (Phi) is 6.89. The van der Waals surface area contributed by atoms with Gasteiger partial charge in [0.1, 0.15) is 0 Å². The van der Waals surface area contributed by atoms with Gasteiger partial charge in [-0.15, -0.1) is 0 Å². The first-order valence-electron chi connectivity index (χ1n) is 5.77. The predicted octanol–water partition coefficient (Wildman–Crippen LogP) is 2.50. The van der Waals surface area contributed by atoms with E-state index in [2.05, 4.69) is 34.6 Å². The zero-order chi connectivity index (χ0) is 12.1. The van der Waals surface area contributed by atoms with Crippen molar-refractivity contribution in [1.29, 1.82) is 0 Å². The van der Waals surface area contributed by atoms with Crippen molar-refractivity contribution in [1.82, 2.24) is 0 Å². The molecule has 0 bridgehead atoms. The van der Waals surface area contributed by atoms with Gasteiger partial charge >= 0.3 is 0 Å². The summed E-state index contributed by atoms with van der Waals surface area (Å²) in [6, 6.07) is 0.0552. The van der Waals surface area contributed by atoms with E-state index >= 15 is 0 Å². The van der Waals surface area contributed by atoms with Crippen LogP contribution in [0, 0.1) is 11.3 Å². The second-order valence-corrected chi connectivity index (χ2v) is 7.01. The molecule has 0 aliphatic heterocycles. The highest BCUT2D eigenvalue weighted by atomic mass is 32.2. The fraction of sp³-hybridized carbons (Fsp3) is 1.00. The molecule has 0 fully saturated rings. The quantitative estimate of drug-likeness (QED) is 0.741. The van der Waals surface area contributed by atoms with E-state index in [-0.39, 0.29) is 23.3 Å². The smallest absolute Gasteiger partial charge is 0.0565 e. The van der Waals surface area contributed by atoms with E-state index in [4.69, 9.17) is 5.73 Å². The van der Waals surface area contributed by atoms with Gasteiger partial charge in [0.05, 0.1) is 6.61 Å². The Labute approximate surface area is 99.0 Å². The third kappa shape index (κ3) is 6.44. The molecule has 0 aliphatic carbocycles. The standard InChI is InChI=1S/C12H27NOS/c1-9(2)6-7-15-10(8-14)11(13)12(3,4)5/h9-11,14H,6-8,13H2,1-5H3. The summed E-state index contributed by atoms with van der Waals surface area (Å²) >= 11 is 1.81. The van der Waals surface area contributed by atoms with Crippen molar-refractivity contribution < 1.29 is 5.11 Å². The first-order valence-corrected chi connectivity index (χ1v) is 6.82. The molecular formula is C12H27NOS. The molecule has 0 aromatic carbocycles. The van der Waals surface area contributed by atoms with Crippen molar-refractivity contribution in [3.05, 3.63) is 0 Å². The number of hydrogen-bond acceptors (Lipinski definition) is 3. The average Bonchev–Trinajstić information content (AvgIpc) is 2.09. The SMILES string of the molecule is CC(C)CCSC(CO)C(N)C(C)(C)C. The Balaban J connectivity index is 4.02. The van der Waals surface area contributed by atoms with E-state index in [0.717, 1.165) is 11.7 Å². The minimum Gasteiger partial charge on any atom is -0.395 e. The number of nitrogens with two attached hydrogens (primary N) is 1. The van der Waals surface area contributed by atoms with Crippen LogP contribution in [0.15, 0.2) is 0 Å². The van der Waals surface area contributed by atoms with Crippen molar-refractivity contribution >= 4 is 11.8 Å². The summed E-state index contributed by atoms with van der Waals surface area (Å²) in [6.45, 7) is 11.0. The number of hydrogen-bond donors (Lipinski definition) is 2. The van der Waals surface area contributed by atoms with E-state index in [1.165, 1.54) is 6.42 Å². The number of rotatable bonds is 6. The van der Waals surface area contributed by atoms with Crippen LogP contribution in [0.2, 0.25) is 0 Å². The number of thioether (sulfide) groups is 1. The molecule has 2 nitrogen and oxygen atoms in total. The van der Waals surface area contributed by atoms with Gasteiger partial charge in [0.2, 0.25) is 0 Å². The van der Waals surface area contributed by atoms with Crippen molar-refractivity contribution in [3.63, 3.8) is 0 Å². The molecule has 0 amide bonds. The zero-order valence-corrected chi connectivity index (χ0v) is 11.6. The first-order chi connectivity index (χ1) is 6.79. The predicted molar refractivity (Wildman–Crippen MR) is 70.2 cm³/mol. The number of aliphatic hydroxyl groups is 1. The van der Waals surface area contributed by atoms with Gasteiger partial charge in [0.25, 0.3) is 0 Å². The molecule has 0 aromatic heterocycles.